The highest BCUT2D eigenvalue weighted by atomic mass is 79.9. The number of hydrogen-bond donors (Lipinski definition) is 0. The van der Waals surface area contributed by atoms with E-state index < -0.39 is 4.92 Å². The average molecular weight is 360 g/mol. The van der Waals surface area contributed by atoms with Gasteiger partial charge in [0.2, 0.25) is 0 Å². The maximum Gasteiger partial charge on any atom is 0.276 e. The Labute approximate surface area is 134 Å². The number of nitrogens with zero attached hydrogens (tertiary/aromatic N) is 1. The van der Waals surface area contributed by atoms with Crippen LogP contribution in [0.3, 0.4) is 0 Å². The molecule has 0 unspecified atom stereocenters. The zero-order valence-corrected chi connectivity index (χ0v) is 13.1. The van der Waals surface area contributed by atoms with E-state index in [9.17, 15) is 10.1 Å². The van der Waals surface area contributed by atoms with Gasteiger partial charge < -0.3 is 9.47 Å². The summed E-state index contributed by atoms with van der Waals surface area (Å²) in [5.41, 5.74) is 2.64. The van der Waals surface area contributed by atoms with Crippen LogP contribution < -0.4 is 9.47 Å². The molecular weight excluding hydrogens is 350 g/mol. The van der Waals surface area contributed by atoms with Gasteiger partial charge in [-0.3, -0.25) is 10.1 Å². The number of fused-ring (bicyclic) bond motifs is 1. The second-order valence-corrected chi connectivity index (χ2v) is 6.13. The maximum absolute atomic E-state index is 11.1. The van der Waals surface area contributed by atoms with Gasteiger partial charge in [0.05, 0.1) is 22.6 Å². The summed E-state index contributed by atoms with van der Waals surface area (Å²) in [4.78, 5) is 10.7. The SMILES string of the molecule is C[C@H]1Oc2cc([N+](=O)[O-])cc3c2C1=Cc1cc(Br)ccc1O3. The average Bonchev–Trinajstić information content (AvgIpc) is 2.68. The standard InChI is InChI=1S/C16H10BrNO4/c1-8-12-5-9-4-10(17)2-3-13(9)22-15-7-11(18(19)20)6-14(21-8)16(12)15/h2-8H,1H3/t8-/m1/s1. The van der Waals surface area contributed by atoms with Crippen molar-refractivity contribution in [2.24, 2.45) is 0 Å². The first-order valence-electron chi connectivity index (χ1n) is 6.71. The van der Waals surface area contributed by atoms with Crippen LogP contribution in [0, 0.1) is 10.1 Å². The van der Waals surface area contributed by atoms with E-state index in [2.05, 4.69) is 15.9 Å². The molecule has 2 aromatic rings. The molecule has 2 aliphatic heterocycles. The van der Waals surface area contributed by atoms with E-state index >= 15 is 0 Å². The molecule has 0 aliphatic carbocycles. The molecule has 0 aromatic heterocycles. The van der Waals surface area contributed by atoms with Crippen molar-refractivity contribution in [1.82, 2.24) is 0 Å². The zero-order chi connectivity index (χ0) is 15.4. The Balaban J connectivity index is 2.00. The minimum Gasteiger partial charge on any atom is -0.485 e. The molecule has 1 atom stereocenters. The molecule has 0 fully saturated rings. The molecular formula is C16H10BrNO4. The third kappa shape index (κ3) is 1.91. The van der Waals surface area contributed by atoms with Crippen molar-refractivity contribution in [2.45, 2.75) is 13.0 Å². The Morgan fingerprint density at radius 3 is 2.73 bits per heavy atom. The number of non-ortho nitro benzene ring substituents is 1. The molecule has 0 amide bonds. The fourth-order valence-electron chi connectivity index (χ4n) is 2.80. The number of rotatable bonds is 1. The van der Waals surface area contributed by atoms with Gasteiger partial charge in [-0.05, 0) is 31.2 Å². The van der Waals surface area contributed by atoms with Crippen LogP contribution in [0.5, 0.6) is 17.2 Å². The molecule has 22 heavy (non-hydrogen) atoms. The van der Waals surface area contributed by atoms with Crippen molar-refractivity contribution < 1.29 is 14.4 Å². The van der Waals surface area contributed by atoms with Crippen LogP contribution in [0.2, 0.25) is 0 Å². The van der Waals surface area contributed by atoms with E-state index in [4.69, 9.17) is 9.47 Å². The van der Waals surface area contributed by atoms with Crippen LogP contribution in [-0.4, -0.2) is 11.0 Å². The van der Waals surface area contributed by atoms with E-state index in [0.29, 0.717) is 17.2 Å². The van der Waals surface area contributed by atoms with E-state index in [0.717, 1.165) is 21.2 Å². The lowest BCUT2D eigenvalue weighted by atomic mass is 10.00. The van der Waals surface area contributed by atoms with Crippen LogP contribution in [-0.2, 0) is 0 Å². The van der Waals surface area contributed by atoms with Crippen molar-refractivity contribution in [3.63, 3.8) is 0 Å². The van der Waals surface area contributed by atoms with E-state index in [1.807, 2.05) is 31.2 Å². The topological polar surface area (TPSA) is 61.6 Å². The molecule has 2 heterocycles. The summed E-state index contributed by atoms with van der Waals surface area (Å²) in [6.45, 7) is 1.92. The summed E-state index contributed by atoms with van der Waals surface area (Å²) in [5, 5.41) is 11.1. The zero-order valence-electron chi connectivity index (χ0n) is 11.5. The Morgan fingerprint density at radius 2 is 1.95 bits per heavy atom. The third-order valence-electron chi connectivity index (χ3n) is 3.79. The molecule has 0 saturated heterocycles. The van der Waals surface area contributed by atoms with Crippen LogP contribution in [0.25, 0.3) is 11.6 Å². The molecule has 0 saturated carbocycles. The fourth-order valence-corrected chi connectivity index (χ4v) is 3.18. The number of ether oxygens (including phenoxy) is 2. The third-order valence-corrected chi connectivity index (χ3v) is 4.29. The van der Waals surface area contributed by atoms with Crippen molar-refractivity contribution in [3.05, 3.63) is 56.0 Å². The van der Waals surface area contributed by atoms with E-state index in [1.165, 1.54) is 12.1 Å². The summed E-state index contributed by atoms with van der Waals surface area (Å²) in [7, 11) is 0. The normalized spacial score (nSPS) is 17.5. The predicted octanol–water partition coefficient (Wildman–Crippen LogP) is 4.78. The molecule has 0 N–H and O–H groups in total. The van der Waals surface area contributed by atoms with Crippen LogP contribution in [0.15, 0.2) is 34.8 Å². The smallest absolute Gasteiger partial charge is 0.276 e. The van der Waals surface area contributed by atoms with Gasteiger partial charge in [-0.15, -0.1) is 0 Å². The Morgan fingerprint density at radius 1 is 1.18 bits per heavy atom. The van der Waals surface area contributed by atoms with Crippen molar-refractivity contribution in [3.8, 4) is 17.2 Å². The highest BCUT2D eigenvalue weighted by Crippen LogP contribution is 2.50. The minimum atomic E-state index is -0.441. The van der Waals surface area contributed by atoms with Crippen molar-refractivity contribution >= 4 is 33.3 Å². The van der Waals surface area contributed by atoms with Gasteiger partial charge in [-0.25, -0.2) is 0 Å². The Hall–Kier alpha value is -2.34. The van der Waals surface area contributed by atoms with Gasteiger partial charge in [0.1, 0.15) is 23.4 Å². The summed E-state index contributed by atoms with van der Waals surface area (Å²) >= 11 is 3.45. The molecule has 6 heteroatoms. The van der Waals surface area contributed by atoms with Gasteiger partial charge in [0.25, 0.3) is 5.69 Å². The maximum atomic E-state index is 11.1. The monoisotopic (exact) mass is 359 g/mol. The Bertz CT molecular complexity index is 859. The number of halogens is 1. The summed E-state index contributed by atoms with van der Waals surface area (Å²) in [5.74, 6) is 1.62. The summed E-state index contributed by atoms with van der Waals surface area (Å²) in [6.07, 6.45) is 1.84. The predicted molar refractivity (Wildman–Crippen MR) is 85.3 cm³/mol. The highest BCUT2D eigenvalue weighted by Gasteiger charge is 2.33. The molecule has 110 valence electrons. The molecule has 4 rings (SSSR count). The van der Waals surface area contributed by atoms with Gasteiger partial charge in [0, 0.05) is 15.6 Å². The highest BCUT2D eigenvalue weighted by molar-refractivity contribution is 9.10. The molecule has 0 bridgehead atoms. The summed E-state index contributed by atoms with van der Waals surface area (Å²) < 4.78 is 12.6. The first kappa shape index (κ1) is 13.3. The van der Waals surface area contributed by atoms with Gasteiger partial charge in [-0.1, -0.05) is 15.9 Å². The Kier molecular flexibility index (Phi) is 2.77. The van der Waals surface area contributed by atoms with Gasteiger partial charge >= 0.3 is 0 Å². The second-order valence-electron chi connectivity index (χ2n) is 5.22. The quantitative estimate of drug-likeness (QED) is 0.542. The second kappa shape index (κ2) is 4.58. The van der Waals surface area contributed by atoms with Crippen LogP contribution >= 0.6 is 15.9 Å². The lowest BCUT2D eigenvalue weighted by Gasteiger charge is -2.10. The first-order chi connectivity index (χ1) is 10.5. The number of nitro groups is 1. The molecule has 0 spiro atoms. The number of nitro benzene ring substituents is 1. The lowest BCUT2D eigenvalue weighted by Crippen LogP contribution is -2.05. The van der Waals surface area contributed by atoms with Crippen LogP contribution in [0.4, 0.5) is 5.69 Å². The first-order valence-corrected chi connectivity index (χ1v) is 7.50. The molecule has 5 nitrogen and oxygen atoms in total. The lowest BCUT2D eigenvalue weighted by molar-refractivity contribution is -0.385. The van der Waals surface area contributed by atoms with Crippen LogP contribution in [0.1, 0.15) is 18.1 Å². The molecule has 0 radical (unpaired) electrons. The molecule has 2 aliphatic rings. The van der Waals surface area contributed by atoms with Crippen molar-refractivity contribution in [1.29, 1.82) is 0 Å². The van der Waals surface area contributed by atoms with E-state index in [1.54, 1.807) is 0 Å². The van der Waals surface area contributed by atoms with Crippen molar-refractivity contribution in [2.75, 3.05) is 0 Å². The minimum absolute atomic E-state index is 0.0391. The van der Waals surface area contributed by atoms with E-state index in [-0.39, 0.29) is 11.8 Å². The van der Waals surface area contributed by atoms with Gasteiger partial charge in [0.15, 0.2) is 0 Å². The molecule has 2 aromatic carbocycles. The number of benzene rings is 2. The largest absolute Gasteiger partial charge is 0.485 e. The fraction of sp³-hybridized carbons (Fsp3) is 0.125. The number of hydrogen-bond acceptors (Lipinski definition) is 4. The van der Waals surface area contributed by atoms with Gasteiger partial charge in [-0.2, -0.15) is 0 Å². The summed E-state index contributed by atoms with van der Waals surface area (Å²) in [6, 6.07) is 8.57.